The number of ether oxygens (including phenoxy) is 1. The van der Waals surface area contributed by atoms with E-state index in [1.165, 1.54) is 25.5 Å². The molecule has 1 aromatic carbocycles. The van der Waals surface area contributed by atoms with Crippen LogP contribution in [-0.2, 0) is 24.7 Å². The number of thiophene rings is 1. The van der Waals surface area contributed by atoms with Crippen molar-refractivity contribution < 1.29 is 19.1 Å². The predicted octanol–water partition coefficient (Wildman–Crippen LogP) is 2.00. The molecule has 2 fully saturated rings. The lowest BCUT2D eigenvalue weighted by molar-refractivity contribution is -0.154. The maximum Gasteiger partial charge on any atom is 0.331 e. The van der Waals surface area contributed by atoms with Gasteiger partial charge in [-0.2, -0.15) is 0 Å². The summed E-state index contributed by atoms with van der Waals surface area (Å²) in [6.07, 6.45) is 0. The first-order chi connectivity index (χ1) is 12.9. The van der Waals surface area contributed by atoms with Crippen molar-refractivity contribution in [1.82, 2.24) is 10.2 Å². The number of nitrogens with zero attached hydrogens (tertiary/aromatic N) is 1. The molecule has 4 rings (SSSR count). The number of amides is 2. The number of rotatable bonds is 3. The maximum absolute atomic E-state index is 13.1. The van der Waals surface area contributed by atoms with E-state index < -0.39 is 29.4 Å². The van der Waals surface area contributed by atoms with Gasteiger partial charge in [0.1, 0.15) is 0 Å². The number of esters is 1. The van der Waals surface area contributed by atoms with E-state index in [-0.39, 0.29) is 11.8 Å². The molecule has 140 valence electrons. The molecule has 4 atom stereocenters. The minimum Gasteiger partial charge on any atom is -0.467 e. The van der Waals surface area contributed by atoms with Crippen molar-refractivity contribution in [3.05, 3.63) is 57.8 Å². The van der Waals surface area contributed by atoms with Crippen LogP contribution in [0.3, 0.4) is 0 Å². The number of fused-ring (bicyclic) bond motifs is 1. The topological polar surface area (TPSA) is 75.7 Å². The lowest BCUT2D eigenvalue weighted by Crippen LogP contribution is -2.53. The number of hydrogen-bond acceptors (Lipinski definition) is 6. The second-order valence-electron chi connectivity index (χ2n) is 6.99. The fraction of sp³-hybridized carbons (Fsp3) is 0.350. The second kappa shape index (κ2) is 6.28. The number of carbonyl (C=O) groups excluding carboxylic acids is 3. The van der Waals surface area contributed by atoms with Crippen molar-refractivity contribution in [3.63, 3.8) is 0 Å². The van der Waals surface area contributed by atoms with Crippen LogP contribution in [0.1, 0.15) is 22.0 Å². The Balaban J connectivity index is 1.96. The van der Waals surface area contributed by atoms with E-state index in [1.807, 2.05) is 36.6 Å². The summed E-state index contributed by atoms with van der Waals surface area (Å²) >= 11 is 1.52. The minimum atomic E-state index is -1.40. The van der Waals surface area contributed by atoms with Gasteiger partial charge in [-0.25, -0.2) is 4.79 Å². The van der Waals surface area contributed by atoms with E-state index in [0.717, 1.165) is 15.3 Å². The SMILES string of the molecule is COC(=O)[C@]1(c2ccccc2)N[C@H](c2sccc2C)[C@@H]2C(=O)N(C)C(=O)[C@@H]21. The van der Waals surface area contributed by atoms with Gasteiger partial charge in [0.15, 0.2) is 5.54 Å². The molecule has 7 heteroatoms. The molecule has 0 saturated carbocycles. The molecule has 2 aliphatic heterocycles. The average Bonchev–Trinajstić information content (AvgIpc) is 3.33. The van der Waals surface area contributed by atoms with Crippen molar-refractivity contribution >= 4 is 29.1 Å². The molecule has 3 heterocycles. The third kappa shape index (κ3) is 2.31. The lowest BCUT2D eigenvalue weighted by atomic mass is 9.75. The first-order valence-electron chi connectivity index (χ1n) is 8.70. The zero-order valence-corrected chi connectivity index (χ0v) is 16.1. The highest BCUT2D eigenvalue weighted by atomic mass is 32.1. The number of hydrogen-bond donors (Lipinski definition) is 1. The number of carbonyl (C=O) groups is 3. The highest BCUT2D eigenvalue weighted by molar-refractivity contribution is 7.10. The van der Waals surface area contributed by atoms with Crippen molar-refractivity contribution in [3.8, 4) is 0 Å². The van der Waals surface area contributed by atoms with Gasteiger partial charge < -0.3 is 4.74 Å². The molecule has 1 aromatic heterocycles. The molecule has 2 aliphatic rings. The van der Waals surface area contributed by atoms with Crippen LogP contribution in [0, 0.1) is 18.8 Å². The summed E-state index contributed by atoms with van der Waals surface area (Å²) in [5.74, 6) is -2.69. The monoisotopic (exact) mass is 384 g/mol. The third-order valence-electron chi connectivity index (χ3n) is 5.70. The molecule has 0 radical (unpaired) electrons. The van der Waals surface area contributed by atoms with E-state index >= 15 is 0 Å². The fourth-order valence-electron chi connectivity index (χ4n) is 4.41. The summed E-state index contributed by atoms with van der Waals surface area (Å²) in [4.78, 5) is 41.2. The fourth-order valence-corrected chi connectivity index (χ4v) is 5.44. The van der Waals surface area contributed by atoms with Gasteiger partial charge in [-0.3, -0.25) is 19.8 Å². The zero-order valence-electron chi connectivity index (χ0n) is 15.3. The first-order valence-corrected chi connectivity index (χ1v) is 9.58. The first kappa shape index (κ1) is 17.9. The van der Waals surface area contributed by atoms with Gasteiger partial charge >= 0.3 is 5.97 Å². The molecule has 1 N–H and O–H groups in total. The van der Waals surface area contributed by atoms with Crippen LogP contribution in [-0.4, -0.2) is 36.8 Å². The number of aryl methyl sites for hydroxylation is 1. The van der Waals surface area contributed by atoms with Crippen LogP contribution in [0.2, 0.25) is 0 Å². The molecular weight excluding hydrogens is 364 g/mol. The van der Waals surface area contributed by atoms with Crippen LogP contribution < -0.4 is 5.32 Å². The predicted molar refractivity (Wildman–Crippen MR) is 99.8 cm³/mol. The van der Waals surface area contributed by atoms with E-state index in [2.05, 4.69) is 5.32 Å². The molecule has 0 bridgehead atoms. The average molecular weight is 384 g/mol. The Hall–Kier alpha value is -2.51. The number of nitrogens with one attached hydrogen (secondary N) is 1. The van der Waals surface area contributed by atoms with Crippen molar-refractivity contribution in [2.45, 2.75) is 18.5 Å². The molecule has 2 aromatic rings. The lowest BCUT2D eigenvalue weighted by Gasteiger charge is -2.32. The standard InChI is InChI=1S/C20H20N2O4S/c1-11-9-10-27-16(11)15-13-14(18(24)22(2)17(13)23)20(21-15,19(25)26-3)12-7-5-4-6-8-12/h4-10,13-15,21H,1-3H3/t13-,14-,15+,20-/m1/s1. The Kier molecular flexibility index (Phi) is 4.16. The molecule has 0 spiro atoms. The number of likely N-dealkylation sites (tertiary alicyclic amines) is 1. The summed E-state index contributed by atoms with van der Waals surface area (Å²) < 4.78 is 5.13. The van der Waals surface area contributed by atoms with Crippen LogP contribution in [0.5, 0.6) is 0 Å². The Labute approximate surface area is 161 Å². The van der Waals surface area contributed by atoms with E-state index in [1.54, 1.807) is 12.1 Å². The summed E-state index contributed by atoms with van der Waals surface area (Å²) in [5.41, 5.74) is 0.249. The molecule has 27 heavy (non-hydrogen) atoms. The van der Waals surface area contributed by atoms with Gasteiger partial charge in [0.05, 0.1) is 25.0 Å². The molecule has 6 nitrogen and oxygen atoms in total. The van der Waals surface area contributed by atoms with Crippen molar-refractivity contribution in [1.29, 1.82) is 0 Å². The van der Waals surface area contributed by atoms with Crippen LogP contribution in [0.4, 0.5) is 0 Å². The second-order valence-corrected chi connectivity index (χ2v) is 7.94. The van der Waals surface area contributed by atoms with Crippen molar-refractivity contribution in [2.24, 2.45) is 11.8 Å². The van der Waals surface area contributed by atoms with Gasteiger partial charge in [-0.1, -0.05) is 30.3 Å². The number of benzene rings is 1. The summed E-state index contributed by atoms with van der Waals surface area (Å²) in [7, 11) is 2.78. The smallest absolute Gasteiger partial charge is 0.331 e. The largest absolute Gasteiger partial charge is 0.467 e. The van der Waals surface area contributed by atoms with Gasteiger partial charge in [0, 0.05) is 11.9 Å². The van der Waals surface area contributed by atoms with Gasteiger partial charge in [0.2, 0.25) is 11.8 Å². The third-order valence-corrected chi connectivity index (χ3v) is 6.80. The Bertz CT molecular complexity index is 925. The quantitative estimate of drug-likeness (QED) is 0.647. The Morgan fingerprint density at radius 2 is 1.89 bits per heavy atom. The van der Waals surface area contributed by atoms with Gasteiger partial charge in [-0.15, -0.1) is 11.3 Å². The Morgan fingerprint density at radius 3 is 2.48 bits per heavy atom. The molecule has 2 amide bonds. The van der Waals surface area contributed by atoms with E-state index in [9.17, 15) is 14.4 Å². The van der Waals surface area contributed by atoms with Crippen molar-refractivity contribution in [2.75, 3.05) is 14.2 Å². The summed E-state index contributed by atoms with van der Waals surface area (Å²) in [6.45, 7) is 1.97. The van der Waals surface area contributed by atoms with Gasteiger partial charge in [-0.05, 0) is 29.5 Å². The van der Waals surface area contributed by atoms with Crippen LogP contribution in [0.25, 0.3) is 0 Å². The number of imide groups is 1. The molecule has 0 aliphatic carbocycles. The van der Waals surface area contributed by atoms with Crippen LogP contribution >= 0.6 is 11.3 Å². The van der Waals surface area contributed by atoms with Crippen LogP contribution in [0.15, 0.2) is 41.8 Å². The Morgan fingerprint density at radius 1 is 1.19 bits per heavy atom. The molecule has 0 unspecified atom stereocenters. The minimum absolute atomic E-state index is 0.267. The van der Waals surface area contributed by atoms with Gasteiger partial charge in [0.25, 0.3) is 0 Å². The normalized spacial score (nSPS) is 29.9. The van der Waals surface area contributed by atoms with E-state index in [4.69, 9.17) is 4.74 Å². The highest BCUT2D eigenvalue weighted by Gasteiger charge is 2.69. The van der Waals surface area contributed by atoms with E-state index in [0.29, 0.717) is 5.56 Å². The summed E-state index contributed by atoms with van der Waals surface area (Å²) in [5, 5.41) is 5.32. The zero-order chi connectivity index (χ0) is 19.3. The number of methoxy groups -OCH3 is 1. The summed E-state index contributed by atoms with van der Waals surface area (Å²) in [6, 6.07) is 10.6. The molecular formula is C20H20N2O4S. The molecule has 2 saturated heterocycles. The maximum atomic E-state index is 13.1. The highest BCUT2D eigenvalue weighted by Crippen LogP contribution is 2.54.